The Hall–Kier alpha value is -1.68. The Morgan fingerprint density at radius 1 is 1.28 bits per heavy atom. The third-order valence-electron chi connectivity index (χ3n) is 2.69. The third kappa shape index (κ3) is 2.96. The topological polar surface area (TPSA) is 52.0 Å². The summed E-state index contributed by atoms with van der Waals surface area (Å²) in [7, 11) is 0. The summed E-state index contributed by atoms with van der Waals surface area (Å²) in [6, 6.07) is 5.91. The first-order chi connectivity index (χ1) is 8.56. The molecule has 0 radical (unpaired) electrons. The van der Waals surface area contributed by atoms with E-state index in [1.165, 1.54) is 12.1 Å². The molecule has 1 atom stereocenters. The highest BCUT2D eigenvalue weighted by Gasteiger charge is 2.15. The van der Waals surface area contributed by atoms with Crippen molar-refractivity contribution in [2.24, 2.45) is 11.7 Å². The number of oxazole rings is 1. The highest BCUT2D eigenvalue weighted by Crippen LogP contribution is 2.24. The van der Waals surface area contributed by atoms with Gasteiger partial charge in [0, 0.05) is 5.56 Å². The van der Waals surface area contributed by atoms with Crippen molar-refractivity contribution < 1.29 is 8.81 Å². The maximum Gasteiger partial charge on any atom is 0.211 e. The van der Waals surface area contributed by atoms with E-state index in [1.807, 2.05) is 0 Å². The molecule has 2 rings (SSSR count). The standard InChI is InChI=1S/C14H17FN2O/c1-9(2)7-12(16)14-17-8-13(18-14)10-3-5-11(15)6-4-10/h3-6,8-9,12H,7,16H2,1-2H3. The summed E-state index contributed by atoms with van der Waals surface area (Å²) in [5.41, 5.74) is 6.79. The maximum absolute atomic E-state index is 12.8. The lowest BCUT2D eigenvalue weighted by Gasteiger charge is -2.09. The van der Waals surface area contributed by atoms with E-state index in [9.17, 15) is 4.39 Å². The summed E-state index contributed by atoms with van der Waals surface area (Å²) < 4.78 is 18.4. The number of hydrogen-bond donors (Lipinski definition) is 1. The van der Waals surface area contributed by atoms with Crippen LogP contribution in [-0.4, -0.2) is 4.98 Å². The third-order valence-corrected chi connectivity index (χ3v) is 2.69. The van der Waals surface area contributed by atoms with Crippen molar-refractivity contribution in [1.29, 1.82) is 0 Å². The molecular formula is C14H17FN2O. The molecule has 1 unspecified atom stereocenters. The molecule has 0 amide bonds. The van der Waals surface area contributed by atoms with Crippen LogP contribution in [0.3, 0.4) is 0 Å². The SMILES string of the molecule is CC(C)CC(N)c1ncc(-c2ccc(F)cc2)o1. The zero-order valence-corrected chi connectivity index (χ0v) is 10.6. The number of aromatic nitrogens is 1. The van der Waals surface area contributed by atoms with Crippen LogP contribution in [0.25, 0.3) is 11.3 Å². The zero-order chi connectivity index (χ0) is 13.1. The Bertz CT molecular complexity index is 505. The number of nitrogens with zero attached hydrogens (tertiary/aromatic N) is 1. The molecule has 1 heterocycles. The van der Waals surface area contributed by atoms with Crippen LogP contribution in [0, 0.1) is 11.7 Å². The Morgan fingerprint density at radius 2 is 1.94 bits per heavy atom. The average Bonchev–Trinajstić information content (AvgIpc) is 2.78. The molecule has 0 aliphatic heterocycles. The first-order valence-corrected chi connectivity index (χ1v) is 6.03. The largest absolute Gasteiger partial charge is 0.439 e. The molecule has 1 aromatic carbocycles. The smallest absolute Gasteiger partial charge is 0.211 e. The van der Waals surface area contributed by atoms with Gasteiger partial charge in [0.1, 0.15) is 5.82 Å². The fourth-order valence-electron chi connectivity index (χ4n) is 1.82. The van der Waals surface area contributed by atoms with Gasteiger partial charge in [-0.25, -0.2) is 9.37 Å². The fraction of sp³-hybridized carbons (Fsp3) is 0.357. The van der Waals surface area contributed by atoms with Crippen LogP contribution in [0.4, 0.5) is 4.39 Å². The van der Waals surface area contributed by atoms with Crippen LogP contribution >= 0.6 is 0 Å². The number of rotatable bonds is 4. The molecular weight excluding hydrogens is 231 g/mol. The maximum atomic E-state index is 12.8. The van der Waals surface area contributed by atoms with Gasteiger partial charge in [0.05, 0.1) is 12.2 Å². The molecule has 2 aromatic rings. The van der Waals surface area contributed by atoms with Gasteiger partial charge in [-0.15, -0.1) is 0 Å². The van der Waals surface area contributed by atoms with Crippen molar-refractivity contribution in [2.75, 3.05) is 0 Å². The van der Waals surface area contributed by atoms with E-state index in [4.69, 9.17) is 10.2 Å². The predicted octanol–water partition coefficient (Wildman–Crippen LogP) is 3.53. The molecule has 0 bridgehead atoms. The number of benzene rings is 1. The molecule has 96 valence electrons. The zero-order valence-electron chi connectivity index (χ0n) is 10.6. The van der Waals surface area contributed by atoms with Crippen LogP contribution in [0.2, 0.25) is 0 Å². The normalized spacial score (nSPS) is 12.9. The molecule has 0 spiro atoms. The number of hydrogen-bond acceptors (Lipinski definition) is 3. The van der Waals surface area contributed by atoms with Crippen LogP contribution < -0.4 is 5.73 Å². The highest BCUT2D eigenvalue weighted by molar-refractivity contribution is 5.55. The van der Waals surface area contributed by atoms with Crippen molar-refractivity contribution in [3.63, 3.8) is 0 Å². The lowest BCUT2D eigenvalue weighted by atomic mass is 10.0. The van der Waals surface area contributed by atoms with E-state index in [0.29, 0.717) is 17.6 Å². The lowest BCUT2D eigenvalue weighted by molar-refractivity contribution is 0.408. The summed E-state index contributed by atoms with van der Waals surface area (Å²) >= 11 is 0. The summed E-state index contributed by atoms with van der Waals surface area (Å²) in [6.07, 6.45) is 2.45. The molecule has 18 heavy (non-hydrogen) atoms. The molecule has 4 heteroatoms. The molecule has 2 N–H and O–H groups in total. The van der Waals surface area contributed by atoms with Crippen LogP contribution in [0.5, 0.6) is 0 Å². The first kappa shape index (κ1) is 12.8. The minimum absolute atomic E-state index is 0.195. The summed E-state index contributed by atoms with van der Waals surface area (Å²) in [4.78, 5) is 4.18. The van der Waals surface area contributed by atoms with Gasteiger partial charge >= 0.3 is 0 Å². The molecule has 3 nitrogen and oxygen atoms in total. The van der Waals surface area contributed by atoms with E-state index < -0.39 is 0 Å². The van der Waals surface area contributed by atoms with Crippen molar-refractivity contribution in [1.82, 2.24) is 4.98 Å². The van der Waals surface area contributed by atoms with Gasteiger partial charge in [-0.3, -0.25) is 0 Å². The average molecular weight is 248 g/mol. The molecule has 0 aliphatic carbocycles. The molecule has 1 aromatic heterocycles. The highest BCUT2D eigenvalue weighted by atomic mass is 19.1. The predicted molar refractivity (Wildman–Crippen MR) is 68.3 cm³/mol. The van der Waals surface area contributed by atoms with E-state index in [2.05, 4.69) is 18.8 Å². The van der Waals surface area contributed by atoms with Crippen molar-refractivity contribution in [3.05, 3.63) is 42.2 Å². The Kier molecular flexibility index (Phi) is 3.77. The van der Waals surface area contributed by atoms with Crippen LogP contribution in [0.15, 0.2) is 34.9 Å². The van der Waals surface area contributed by atoms with Gasteiger partial charge < -0.3 is 10.2 Å². The van der Waals surface area contributed by atoms with Gasteiger partial charge in [-0.1, -0.05) is 13.8 Å². The quantitative estimate of drug-likeness (QED) is 0.900. The van der Waals surface area contributed by atoms with Gasteiger partial charge in [0.2, 0.25) is 5.89 Å². The molecule has 0 saturated heterocycles. The first-order valence-electron chi connectivity index (χ1n) is 6.03. The van der Waals surface area contributed by atoms with Crippen LogP contribution in [0.1, 0.15) is 32.2 Å². The van der Waals surface area contributed by atoms with Gasteiger partial charge in [-0.2, -0.15) is 0 Å². The van der Waals surface area contributed by atoms with E-state index >= 15 is 0 Å². The van der Waals surface area contributed by atoms with E-state index in [-0.39, 0.29) is 11.9 Å². The minimum Gasteiger partial charge on any atom is -0.439 e. The second kappa shape index (κ2) is 5.31. The second-order valence-electron chi connectivity index (χ2n) is 4.81. The van der Waals surface area contributed by atoms with E-state index in [1.54, 1.807) is 18.3 Å². The summed E-state index contributed by atoms with van der Waals surface area (Å²) in [5, 5.41) is 0. The Balaban J connectivity index is 2.17. The Morgan fingerprint density at radius 3 is 2.56 bits per heavy atom. The molecule has 0 fully saturated rings. The molecule has 0 saturated carbocycles. The van der Waals surface area contributed by atoms with Gasteiger partial charge in [0.25, 0.3) is 0 Å². The second-order valence-corrected chi connectivity index (χ2v) is 4.81. The monoisotopic (exact) mass is 248 g/mol. The lowest BCUT2D eigenvalue weighted by Crippen LogP contribution is -2.13. The van der Waals surface area contributed by atoms with Crippen molar-refractivity contribution in [2.45, 2.75) is 26.3 Å². The summed E-state index contributed by atoms with van der Waals surface area (Å²) in [5.74, 6) is 1.36. The van der Waals surface area contributed by atoms with E-state index in [0.717, 1.165) is 12.0 Å². The molecule has 0 aliphatic rings. The van der Waals surface area contributed by atoms with Crippen molar-refractivity contribution >= 4 is 0 Å². The number of nitrogens with two attached hydrogens (primary N) is 1. The Labute approximate surface area is 106 Å². The van der Waals surface area contributed by atoms with Gasteiger partial charge in [0.15, 0.2) is 5.76 Å². The summed E-state index contributed by atoms with van der Waals surface area (Å²) in [6.45, 7) is 4.20. The minimum atomic E-state index is -0.269. The van der Waals surface area contributed by atoms with Gasteiger partial charge in [-0.05, 0) is 36.6 Å². The van der Waals surface area contributed by atoms with Crippen LogP contribution in [-0.2, 0) is 0 Å². The fourth-order valence-corrected chi connectivity index (χ4v) is 1.82. The van der Waals surface area contributed by atoms with Crippen molar-refractivity contribution in [3.8, 4) is 11.3 Å². The number of halogens is 1.